The molecule has 0 atom stereocenters. The van der Waals surface area contributed by atoms with Crippen molar-refractivity contribution in [3.8, 4) is 0 Å². The number of unbranched alkanes of at least 4 members (excludes halogenated alkanes) is 7. The monoisotopic (exact) mass is 340 g/mol. The Kier molecular flexibility index (Phi) is 8.85. The summed E-state index contributed by atoms with van der Waals surface area (Å²) in [6, 6.07) is 5.20. The van der Waals surface area contributed by atoms with Crippen LogP contribution < -0.4 is 0 Å². The predicted octanol–water partition coefficient (Wildman–Crippen LogP) is 5.74. The van der Waals surface area contributed by atoms with Crippen LogP contribution in [-0.4, -0.2) is 13.0 Å². The van der Waals surface area contributed by atoms with Crippen molar-refractivity contribution in [2.24, 2.45) is 0 Å². The van der Waals surface area contributed by atoms with Gasteiger partial charge in [0.25, 0.3) is 10.1 Å². The highest BCUT2D eigenvalue weighted by molar-refractivity contribution is 7.85. The van der Waals surface area contributed by atoms with Gasteiger partial charge >= 0.3 is 0 Å². The molecule has 1 aromatic rings. The second-order valence-electron chi connectivity index (χ2n) is 6.68. The van der Waals surface area contributed by atoms with Crippen molar-refractivity contribution in [1.82, 2.24) is 0 Å². The molecule has 0 aromatic heterocycles. The minimum absolute atomic E-state index is 0.0895. The highest BCUT2D eigenvalue weighted by atomic mass is 32.2. The molecule has 4 heteroatoms. The molecule has 0 saturated carbocycles. The second-order valence-corrected chi connectivity index (χ2v) is 8.07. The summed E-state index contributed by atoms with van der Waals surface area (Å²) in [6.45, 7) is 6.33. The van der Waals surface area contributed by atoms with E-state index in [1.54, 1.807) is 6.07 Å². The first-order valence-electron chi connectivity index (χ1n) is 8.97. The van der Waals surface area contributed by atoms with Gasteiger partial charge < -0.3 is 0 Å². The molecule has 0 unspecified atom stereocenters. The number of hydrogen-bond acceptors (Lipinski definition) is 2. The molecule has 1 N–H and O–H groups in total. The number of hydrogen-bond donors (Lipinski definition) is 1. The zero-order valence-electron chi connectivity index (χ0n) is 14.8. The maximum atomic E-state index is 11.6. The Labute approximate surface area is 142 Å². The number of benzene rings is 1. The lowest BCUT2D eigenvalue weighted by Gasteiger charge is -2.16. The first-order chi connectivity index (χ1) is 10.9. The van der Waals surface area contributed by atoms with Crippen LogP contribution in [-0.2, 0) is 16.5 Å². The van der Waals surface area contributed by atoms with Gasteiger partial charge in [-0.25, -0.2) is 0 Å². The molecule has 0 radical (unpaired) electrons. The molecule has 132 valence electrons. The predicted molar refractivity (Wildman–Crippen MR) is 96.7 cm³/mol. The van der Waals surface area contributed by atoms with Crippen molar-refractivity contribution < 1.29 is 13.0 Å². The quantitative estimate of drug-likeness (QED) is 0.413. The van der Waals surface area contributed by atoms with E-state index in [1.807, 2.05) is 6.07 Å². The maximum Gasteiger partial charge on any atom is 0.294 e. The van der Waals surface area contributed by atoms with Crippen LogP contribution in [0.5, 0.6) is 0 Å². The van der Waals surface area contributed by atoms with E-state index in [1.165, 1.54) is 44.6 Å². The Morgan fingerprint density at radius 3 is 2.04 bits per heavy atom. The Morgan fingerprint density at radius 2 is 1.52 bits per heavy atom. The van der Waals surface area contributed by atoms with E-state index in [9.17, 15) is 13.0 Å². The van der Waals surface area contributed by atoms with Crippen LogP contribution >= 0.6 is 0 Å². The Bertz CT molecular complexity index is 562. The first kappa shape index (κ1) is 20.2. The van der Waals surface area contributed by atoms with Gasteiger partial charge in [0.2, 0.25) is 0 Å². The van der Waals surface area contributed by atoms with Crippen LogP contribution in [0.1, 0.15) is 89.2 Å². The molecule has 0 aliphatic rings. The fourth-order valence-electron chi connectivity index (χ4n) is 3.07. The molecule has 1 rings (SSSR count). The molecular formula is C19H32O3S. The minimum Gasteiger partial charge on any atom is -0.282 e. The normalized spacial score (nSPS) is 12.0. The van der Waals surface area contributed by atoms with Crippen LogP contribution in [0.2, 0.25) is 0 Å². The van der Waals surface area contributed by atoms with E-state index >= 15 is 0 Å². The summed E-state index contributed by atoms with van der Waals surface area (Å²) in [5, 5.41) is 0. The molecule has 1 aromatic carbocycles. The van der Waals surface area contributed by atoms with Gasteiger partial charge in [-0.1, -0.05) is 77.8 Å². The van der Waals surface area contributed by atoms with Crippen LogP contribution in [0.4, 0.5) is 0 Å². The van der Waals surface area contributed by atoms with Crippen molar-refractivity contribution in [3.63, 3.8) is 0 Å². The van der Waals surface area contributed by atoms with E-state index in [-0.39, 0.29) is 10.8 Å². The molecule has 3 nitrogen and oxygen atoms in total. The third-order valence-electron chi connectivity index (χ3n) is 4.35. The molecule has 0 fully saturated rings. The average molecular weight is 341 g/mol. The van der Waals surface area contributed by atoms with Gasteiger partial charge in [0.05, 0.1) is 4.90 Å². The molecule has 23 heavy (non-hydrogen) atoms. The zero-order chi connectivity index (χ0) is 17.3. The Balaban J connectivity index is 2.61. The van der Waals surface area contributed by atoms with E-state index in [0.717, 1.165) is 30.4 Å². The highest BCUT2D eigenvalue weighted by Gasteiger charge is 2.19. The summed E-state index contributed by atoms with van der Waals surface area (Å²) in [5.41, 5.74) is 1.83. The van der Waals surface area contributed by atoms with Crippen molar-refractivity contribution >= 4 is 10.1 Å². The van der Waals surface area contributed by atoms with E-state index in [4.69, 9.17) is 0 Å². The summed E-state index contributed by atoms with van der Waals surface area (Å²) >= 11 is 0. The lowest BCUT2D eigenvalue weighted by atomic mass is 9.93. The fraction of sp³-hybridized carbons (Fsp3) is 0.684. The summed E-state index contributed by atoms with van der Waals surface area (Å²) in [6.07, 6.45) is 10.5. The highest BCUT2D eigenvalue weighted by Crippen LogP contribution is 2.27. The van der Waals surface area contributed by atoms with E-state index < -0.39 is 10.1 Å². The lowest BCUT2D eigenvalue weighted by molar-refractivity contribution is 0.481. The molecule has 0 saturated heterocycles. The van der Waals surface area contributed by atoms with Gasteiger partial charge in [-0.05, 0) is 36.0 Å². The molecule has 0 bridgehead atoms. The molecular weight excluding hydrogens is 308 g/mol. The SMILES string of the molecule is CCCCCCCCCCc1c(C(C)C)cccc1S(=O)(=O)O. The second kappa shape index (κ2) is 10.1. The molecule has 0 aliphatic carbocycles. The van der Waals surface area contributed by atoms with Crippen LogP contribution in [0.15, 0.2) is 23.1 Å². The third-order valence-corrected chi connectivity index (χ3v) is 5.29. The lowest BCUT2D eigenvalue weighted by Crippen LogP contribution is -2.07. The summed E-state index contributed by atoms with van der Waals surface area (Å²) < 4.78 is 32.7. The van der Waals surface area contributed by atoms with Gasteiger partial charge in [-0.2, -0.15) is 8.42 Å². The van der Waals surface area contributed by atoms with Crippen molar-refractivity contribution in [1.29, 1.82) is 0 Å². The maximum absolute atomic E-state index is 11.6. The topological polar surface area (TPSA) is 54.4 Å². The Hall–Kier alpha value is -0.870. The van der Waals surface area contributed by atoms with Crippen LogP contribution in [0.25, 0.3) is 0 Å². The van der Waals surface area contributed by atoms with Gasteiger partial charge in [0.1, 0.15) is 0 Å². The molecule has 0 aliphatic heterocycles. The average Bonchev–Trinajstić information content (AvgIpc) is 2.48. The third kappa shape index (κ3) is 7.05. The summed E-state index contributed by atoms with van der Waals surface area (Å²) in [5.74, 6) is 0.251. The van der Waals surface area contributed by atoms with Gasteiger partial charge in [-0.3, -0.25) is 4.55 Å². The molecule has 0 amide bonds. The molecule has 0 spiro atoms. The Morgan fingerprint density at radius 1 is 0.957 bits per heavy atom. The largest absolute Gasteiger partial charge is 0.294 e. The van der Waals surface area contributed by atoms with Crippen LogP contribution in [0, 0.1) is 0 Å². The van der Waals surface area contributed by atoms with Gasteiger partial charge in [0, 0.05) is 0 Å². The first-order valence-corrected chi connectivity index (χ1v) is 10.4. The number of rotatable bonds is 11. The van der Waals surface area contributed by atoms with Crippen molar-refractivity contribution in [2.75, 3.05) is 0 Å². The van der Waals surface area contributed by atoms with E-state index in [2.05, 4.69) is 20.8 Å². The zero-order valence-corrected chi connectivity index (χ0v) is 15.7. The van der Waals surface area contributed by atoms with Crippen LogP contribution in [0.3, 0.4) is 0 Å². The van der Waals surface area contributed by atoms with Gasteiger partial charge in [-0.15, -0.1) is 0 Å². The smallest absolute Gasteiger partial charge is 0.282 e. The minimum atomic E-state index is -4.15. The van der Waals surface area contributed by atoms with Crippen molar-refractivity contribution in [3.05, 3.63) is 29.3 Å². The summed E-state index contributed by atoms with van der Waals surface area (Å²) in [4.78, 5) is 0.0895. The van der Waals surface area contributed by atoms with E-state index in [0.29, 0.717) is 0 Å². The summed E-state index contributed by atoms with van der Waals surface area (Å²) in [7, 11) is -4.15. The molecule has 0 heterocycles. The fourth-order valence-corrected chi connectivity index (χ4v) is 3.85. The van der Waals surface area contributed by atoms with Crippen molar-refractivity contribution in [2.45, 2.75) is 89.4 Å². The standard InChI is InChI=1S/C19H32O3S/c1-4-5-6-7-8-9-10-11-13-18-17(16(2)3)14-12-15-19(18)23(20,21)22/h12,14-16H,4-11,13H2,1-3H3,(H,20,21,22). The van der Waals surface area contributed by atoms with Gasteiger partial charge in [0.15, 0.2) is 0 Å².